The normalized spacial score (nSPS) is 12.8. The van der Waals surface area contributed by atoms with E-state index in [1.54, 1.807) is 0 Å². The summed E-state index contributed by atoms with van der Waals surface area (Å²) in [7, 11) is 0. The SMILES string of the molecule is CSc1nc(/C=C/c2ccc(OCc3cc(C(F)(F)F)cc(C(F)(F)F)c3)cc2)cc(C(F)(F)F)n1. The Morgan fingerprint density at radius 3 is 1.83 bits per heavy atom. The third-order valence-electron chi connectivity index (χ3n) is 4.58. The summed E-state index contributed by atoms with van der Waals surface area (Å²) in [5.74, 6) is 0.157. The van der Waals surface area contributed by atoms with Gasteiger partial charge in [-0.1, -0.05) is 30.0 Å². The molecule has 0 amide bonds. The quantitative estimate of drug-likeness (QED) is 0.181. The van der Waals surface area contributed by atoms with Gasteiger partial charge in [0.25, 0.3) is 0 Å². The molecule has 1 aromatic heterocycles. The number of thioether (sulfide) groups is 1. The fraction of sp³-hybridized carbons (Fsp3) is 0.217. The van der Waals surface area contributed by atoms with Crippen molar-refractivity contribution in [3.05, 3.63) is 82.2 Å². The van der Waals surface area contributed by atoms with Gasteiger partial charge in [-0.15, -0.1) is 0 Å². The number of nitrogens with zero attached hydrogens (tertiary/aromatic N) is 2. The molecule has 0 N–H and O–H groups in total. The zero-order chi connectivity index (χ0) is 26.7. The van der Waals surface area contributed by atoms with Gasteiger partial charge in [-0.3, -0.25) is 0 Å². The molecule has 2 aromatic carbocycles. The third-order valence-corrected chi connectivity index (χ3v) is 5.13. The Bertz CT molecular complexity index is 1200. The molecule has 0 saturated heterocycles. The average molecular weight is 538 g/mol. The number of benzene rings is 2. The fourth-order valence-corrected chi connectivity index (χ4v) is 3.28. The first-order chi connectivity index (χ1) is 16.6. The van der Waals surface area contributed by atoms with E-state index in [4.69, 9.17) is 4.74 Å². The molecule has 13 heteroatoms. The monoisotopic (exact) mass is 538 g/mol. The summed E-state index contributed by atoms with van der Waals surface area (Å²) in [5.41, 5.74) is -3.76. The zero-order valence-electron chi connectivity index (χ0n) is 18.1. The number of aromatic nitrogens is 2. The van der Waals surface area contributed by atoms with Crippen molar-refractivity contribution in [2.45, 2.75) is 30.3 Å². The van der Waals surface area contributed by atoms with Crippen molar-refractivity contribution in [1.82, 2.24) is 9.97 Å². The minimum atomic E-state index is -4.97. The molecule has 0 saturated carbocycles. The Morgan fingerprint density at radius 2 is 1.33 bits per heavy atom. The highest BCUT2D eigenvalue weighted by Gasteiger charge is 2.37. The van der Waals surface area contributed by atoms with Gasteiger partial charge in [-0.25, -0.2) is 9.97 Å². The summed E-state index contributed by atoms with van der Waals surface area (Å²) in [6, 6.07) is 7.79. The van der Waals surface area contributed by atoms with Crippen molar-refractivity contribution in [2.75, 3.05) is 6.26 Å². The predicted octanol–water partition coefficient (Wildman–Crippen LogP) is 8.00. The zero-order valence-corrected chi connectivity index (χ0v) is 18.9. The molecule has 0 aliphatic carbocycles. The van der Waals surface area contributed by atoms with Crippen molar-refractivity contribution in [3.8, 4) is 5.75 Å². The molecule has 36 heavy (non-hydrogen) atoms. The van der Waals surface area contributed by atoms with Gasteiger partial charge in [0, 0.05) is 0 Å². The Labute approximate surface area is 203 Å². The largest absolute Gasteiger partial charge is 0.489 e. The molecule has 192 valence electrons. The summed E-state index contributed by atoms with van der Waals surface area (Å²) in [5, 5.41) is -0.0588. The van der Waals surface area contributed by atoms with Crippen LogP contribution in [0, 0.1) is 0 Å². The molecular formula is C23H15F9N2OS. The summed E-state index contributed by atoms with van der Waals surface area (Å²) < 4.78 is 122. The Morgan fingerprint density at radius 1 is 0.750 bits per heavy atom. The van der Waals surface area contributed by atoms with Gasteiger partial charge < -0.3 is 4.74 Å². The van der Waals surface area contributed by atoms with Gasteiger partial charge in [0.1, 0.15) is 18.1 Å². The molecule has 0 aliphatic rings. The van der Waals surface area contributed by atoms with E-state index >= 15 is 0 Å². The highest BCUT2D eigenvalue weighted by atomic mass is 32.2. The molecule has 0 atom stereocenters. The van der Waals surface area contributed by atoms with E-state index in [-0.39, 0.29) is 28.2 Å². The van der Waals surface area contributed by atoms with Gasteiger partial charge in [0.15, 0.2) is 5.16 Å². The van der Waals surface area contributed by atoms with Crippen LogP contribution in [-0.2, 0) is 25.1 Å². The number of rotatable bonds is 6. The van der Waals surface area contributed by atoms with Gasteiger partial charge in [-0.2, -0.15) is 39.5 Å². The van der Waals surface area contributed by atoms with Crippen molar-refractivity contribution < 1.29 is 44.3 Å². The summed E-state index contributed by atoms with van der Waals surface area (Å²) >= 11 is 0.947. The van der Waals surface area contributed by atoms with E-state index < -0.39 is 42.0 Å². The van der Waals surface area contributed by atoms with Gasteiger partial charge in [0.2, 0.25) is 0 Å². The lowest BCUT2D eigenvalue weighted by Gasteiger charge is -2.14. The maximum atomic E-state index is 13.0. The van der Waals surface area contributed by atoms with Crippen LogP contribution in [0.5, 0.6) is 5.75 Å². The third kappa shape index (κ3) is 7.39. The maximum Gasteiger partial charge on any atom is 0.433 e. The van der Waals surface area contributed by atoms with Crippen molar-refractivity contribution in [3.63, 3.8) is 0 Å². The maximum absolute atomic E-state index is 13.0. The lowest BCUT2D eigenvalue weighted by molar-refractivity contribution is -0.143. The van der Waals surface area contributed by atoms with Crippen LogP contribution in [-0.4, -0.2) is 16.2 Å². The van der Waals surface area contributed by atoms with E-state index in [0.717, 1.165) is 17.8 Å². The number of hydrogen-bond acceptors (Lipinski definition) is 4. The van der Waals surface area contributed by atoms with Crippen LogP contribution < -0.4 is 4.74 Å². The molecule has 0 spiro atoms. The predicted molar refractivity (Wildman–Crippen MR) is 115 cm³/mol. The van der Waals surface area contributed by atoms with Crippen molar-refractivity contribution >= 4 is 23.9 Å². The standard InChI is InChI=1S/C23H15F9N2OS/c1-36-20-33-17(11-19(34-20)23(30,31)32)5-2-13-3-6-18(7-4-13)35-12-14-8-15(21(24,25)26)10-16(9-14)22(27,28)29/h2-11H,12H2,1H3/b5-2+. The minimum absolute atomic E-state index is 0.0204. The van der Waals surface area contributed by atoms with Gasteiger partial charge >= 0.3 is 18.5 Å². The number of ether oxygens (including phenoxy) is 1. The van der Waals surface area contributed by atoms with E-state index in [9.17, 15) is 39.5 Å². The van der Waals surface area contributed by atoms with Gasteiger partial charge in [-0.05, 0) is 59.9 Å². The van der Waals surface area contributed by atoms with Crippen LogP contribution in [0.2, 0.25) is 0 Å². The van der Waals surface area contributed by atoms with Crippen LogP contribution >= 0.6 is 11.8 Å². The lowest BCUT2D eigenvalue weighted by Crippen LogP contribution is -2.12. The van der Waals surface area contributed by atoms with Crippen molar-refractivity contribution in [1.29, 1.82) is 0 Å². The summed E-state index contributed by atoms with van der Waals surface area (Å²) in [6.45, 7) is -0.555. The van der Waals surface area contributed by atoms with E-state index in [1.165, 1.54) is 42.7 Å². The summed E-state index contributed by atoms with van der Waals surface area (Å²) in [4.78, 5) is 7.41. The average Bonchev–Trinajstić information content (AvgIpc) is 2.80. The molecular weight excluding hydrogens is 523 g/mol. The topological polar surface area (TPSA) is 35.0 Å². The molecule has 0 fully saturated rings. The molecule has 3 aromatic rings. The van der Waals surface area contributed by atoms with Gasteiger partial charge in [0.05, 0.1) is 16.8 Å². The first-order valence-corrected chi connectivity index (χ1v) is 11.1. The molecule has 0 radical (unpaired) electrons. The van der Waals surface area contributed by atoms with E-state index in [0.29, 0.717) is 17.7 Å². The fourth-order valence-electron chi connectivity index (χ4n) is 2.89. The highest BCUT2D eigenvalue weighted by Crippen LogP contribution is 2.36. The second-order valence-electron chi connectivity index (χ2n) is 7.27. The first-order valence-electron chi connectivity index (χ1n) is 9.85. The van der Waals surface area contributed by atoms with Crippen LogP contribution in [0.4, 0.5) is 39.5 Å². The summed E-state index contributed by atoms with van der Waals surface area (Å²) in [6.07, 6.45) is -10.2. The number of alkyl halides is 9. The highest BCUT2D eigenvalue weighted by molar-refractivity contribution is 7.98. The molecule has 0 aliphatic heterocycles. The first kappa shape index (κ1) is 27.4. The Balaban J connectivity index is 1.74. The van der Waals surface area contributed by atoms with Crippen molar-refractivity contribution in [2.24, 2.45) is 0 Å². The second-order valence-corrected chi connectivity index (χ2v) is 8.04. The molecule has 3 nitrogen and oxygen atoms in total. The van der Waals surface area contributed by atoms with Crippen LogP contribution in [0.15, 0.2) is 53.7 Å². The number of halogens is 9. The Kier molecular flexibility index (Phi) is 7.91. The van der Waals surface area contributed by atoms with E-state index in [1.807, 2.05) is 0 Å². The van der Waals surface area contributed by atoms with Crippen LogP contribution in [0.3, 0.4) is 0 Å². The number of hydrogen-bond donors (Lipinski definition) is 0. The van der Waals surface area contributed by atoms with Crippen LogP contribution in [0.1, 0.15) is 33.6 Å². The molecule has 3 rings (SSSR count). The minimum Gasteiger partial charge on any atom is -0.489 e. The smallest absolute Gasteiger partial charge is 0.433 e. The Hall–Kier alpha value is -3.22. The molecule has 1 heterocycles. The van der Waals surface area contributed by atoms with Crippen LogP contribution in [0.25, 0.3) is 12.2 Å². The molecule has 0 unspecified atom stereocenters. The van der Waals surface area contributed by atoms with E-state index in [2.05, 4.69) is 9.97 Å². The molecule has 0 bridgehead atoms. The lowest BCUT2D eigenvalue weighted by atomic mass is 10.1. The second kappa shape index (κ2) is 10.4.